The lowest BCUT2D eigenvalue weighted by Gasteiger charge is -2.28. The van der Waals surface area contributed by atoms with E-state index in [0.29, 0.717) is 0 Å². The fourth-order valence-electron chi connectivity index (χ4n) is 3.43. The van der Waals surface area contributed by atoms with E-state index in [2.05, 4.69) is 49.4 Å². The van der Waals surface area contributed by atoms with Crippen LogP contribution in [0.25, 0.3) is 0 Å². The van der Waals surface area contributed by atoms with Crippen molar-refractivity contribution in [1.82, 2.24) is 15.3 Å². The molecule has 0 saturated carbocycles. The highest BCUT2D eigenvalue weighted by molar-refractivity contribution is 5.85. The van der Waals surface area contributed by atoms with Gasteiger partial charge in [0.25, 0.3) is 0 Å². The first kappa shape index (κ1) is 21.5. The molecule has 148 valence electrons. The predicted octanol–water partition coefficient (Wildman–Crippen LogP) is 3.60. The quantitative estimate of drug-likeness (QED) is 0.850. The fourth-order valence-corrected chi connectivity index (χ4v) is 3.43. The average Bonchev–Trinajstić information content (AvgIpc) is 2.70. The molecular formula is C21H32ClN5. The summed E-state index contributed by atoms with van der Waals surface area (Å²) >= 11 is 0. The van der Waals surface area contributed by atoms with Crippen molar-refractivity contribution in [2.45, 2.75) is 33.1 Å². The lowest BCUT2D eigenvalue weighted by molar-refractivity contribution is 0.573. The second-order valence-corrected chi connectivity index (χ2v) is 7.06. The number of anilines is 2. The van der Waals surface area contributed by atoms with Gasteiger partial charge >= 0.3 is 0 Å². The highest BCUT2D eigenvalue weighted by Gasteiger charge is 2.11. The van der Waals surface area contributed by atoms with Crippen LogP contribution in [0.3, 0.4) is 0 Å². The summed E-state index contributed by atoms with van der Waals surface area (Å²) < 4.78 is 0. The monoisotopic (exact) mass is 389 g/mol. The third kappa shape index (κ3) is 6.67. The SMILES string of the molecule is Cc1cccc(N2CCCCC2)n1.Cc1cccc(N2CCNCC2)n1.Cl. The van der Waals surface area contributed by atoms with Crippen molar-refractivity contribution in [2.24, 2.45) is 0 Å². The molecule has 0 amide bonds. The Balaban J connectivity index is 0.000000187. The molecule has 6 heteroatoms. The molecule has 2 aromatic heterocycles. The van der Waals surface area contributed by atoms with Crippen molar-refractivity contribution < 1.29 is 0 Å². The van der Waals surface area contributed by atoms with Crippen molar-refractivity contribution in [3.05, 3.63) is 47.8 Å². The Kier molecular flexibility index (Phi) is 8.82. The molecule has 4 heterocycles. The Bertz CT molecular complexity index is 622. The third-order valence-corrected chi connectivity index (χ3v) is 4.87. The number of nitrogens with one attached hydrogen (secondary N) is 1. The number of halogens is 1. The average molecular weight is 390 g/mol. The zero-order valence-electron chi connectivity index (χ0n) is 16.5. The minimum absolute atomic E-state index is 0. The number of rotatable bonds is 2. The summed E-state index contributed by atoms with van der Waals surface area (Å²) in [7, 11) is 0. The van der Waals surface area contributed by atoms with E-state index in [4.69, 9.17) is 0 Å². The van der Waals surface area contributed by atoms with Gasteiger partial charge in [-0.3, -0.25) is 0 Å². The molecule has 0 aliphatic carbocycles. The van der Waals surface area contributed by atoms with Crippen molar-refractivity contribution >= 4 is 24.0 Å². The van der Waals surface area contributed by atoms with E-state index >= 15 is 0 Å². The van der Waals surface area contributed by atoms with Gasteiger partial charge in [-0.25, -0.2) is 9.97 Å². The summed E-state index contributed by atoms with van der Waals surface area (Å²) in [5.41, 5.74) is 2.21. The molecule has 0 aromatic carbocycles. The molecule has 2 fully saturated rings. The molecular weight excluding hydrogens is 358 g/mol. The maximum atomic E-state index is 4.52. The number of pyridine rings is 2. The lowest BCUT2D eigenvalue weighted by atomic mass is 10.1. The van der Waals surface area contributed by atoms with E-state index in [1.807, 2.05) is 26.0 Å². The van der Waals surface area contributed by atoms with Crippen LogP contribution in [0.4, 0.5) is 11.6 Å². The summed E-state index contributed by atoms with van der Waals surface area (Å²) in [5.74, 6) is 2.27. The number of aryl methyl sites for hydroxylation is 2. The number of aromatic nitrogens is 2. The van der Waals surface area contributed by atoms with Crippen molar-refractivity contribution in [3.63, 3.8) is 0 Å². The van der Waals surface area contributed by atoms with Gasteiger partial charge in [-0.05, 0) is 57.4 Å². The number of piperidine rings is 1. The number of piperazine rings is 1. The molecule has 0 radical (unpaired) electrons. The van der Waals surface area contributed by atoms with Gasteiger partial charge in [0.15, 0.2) is 0 Å². The molecule has 0 bridgehead atoms. The molecule has 5 nitrogen and oxygen atoms in total. The molecule has 4 rings (SSSR count). The number of hydrogen-bond donors (Lipinski definition) is 1. The van der Waals surface area contributed by atoms with Gasteiger partial charge in [-0.15, -0.1) is 12.4 Å². The second kappa shape index (κ2) is 11.1. The van der Waals surface area contributed by atoms with Crippen LogP contribution in [0.1, 0.15) is 30.7 Å². The van der Waals surface area contributed by atoms with Crippen molar-refractivity contribution in [3.8, 4) is 0 Å². The Hall–Kier alpha value is -1.85. The molecule has 2 saturated heterocycles. The van der Waals surface area contributed by atoms with E-state index in [9.17, 15) is 0 Å². The van der Waals surface area contributed by atoms with E-state index in [-0.39, 0.29) is 12.4 Å². The number of hydrogen-bond acceptors (Lipinski definition) is 5. The Morgan fingerprint density at radius 3 is 1.67 bits per heavy atom. The maximum absolute atomic E-state index is 4.52. The largest absolute Gasteiger partial charge is 0.357 e. The molecule has 0 spiro atoms. The Morgan fingerprint density at radius 2 is 1.19 bits per heavy atom. The van der Waals surface area contributed by atoms with Crippen LogP contribution in [-0.2, 0) is 0 Å². The van der Waals surface area contributed by atoms with Gasteiger partial charge < -0.3 is 15.1 Å². The van der Waals surface area contributed by atoms with Gasteiger partial charge in [-0.2, -0.15) is 0 Å². The van der Waals surface area contributed by atoms with E-state index in [1.165, 1.54) is 32.4 Å². The van der Waals surface area contributed by atoms with E-state index < -0.39 is 0 Å². The van der Waals surface area contributed by atoms with Crippen LogP contribution in [0.15, 0.2) is 36.4 Å². The maximum Gasteiger partial charge on any atom is 0.128 e. The summed E-state index contributed by atoms with van der Waals surface area (Å²) in [5, 5.41) is 3.33. The molecule has 2 aromatic rings. The van der Waals surface area contributed by atoms with Gasteiger partial charge in [-0.1, -0.05) is 12.1 Å². The predicted molar refractivity (Wildman–Crippen MR) is 116 cm³/mol. The summed E-state index contributed by atoms with van der Waals surface area (Å²) in [6.07, 6.45) is 4.01. The minimum Gasteiger partial charge on any atom is -0.357 e. The van der Waals surface area contributed by atoms with Crippen LogP contribution in [0.2, 0.25) is 0 Å². The standard InChI is InChI=1S/C11H16N2.C10H15N3.ClH/c1-10-6-5-7-11(12-10)13-8-3-2-4-9-13;1-9-3-2-4-10(12-9)13-7-5-11-6-8-13;/h5-7H,2-4,8-9H2,1H3;2-4,11H,5-8H2,1H3;1H. The smallest absolute Gasteiger partial charge is 0.128 e. The topological polar surface area (TPSA) is 44.3 Å². The van der Waals surface area contributed by atoms with Crippen LogP contribution < -0.4 is 15.1 Å². The summed E-state index contributed by atoms with van der Waals surface area (Å²) in [4.78, 5) is 13.7. The Morgan fingerprint density at radius 1 is 0.704 bits per heavy atom. The first-order valence-corrected chi connectivity index (χ1v) is 9.80. The zero-order valence-corrected chi connectivity index (χ0v) is 17.3. The van der Waals surface area contributed by atoms with Gasteiger partial charge in [0.05, 0.1) is 0 Å². The van der Waals surface area contributed by atoms with Crippen LogP contribution >= 0.6 is 12.4 Å². The first-order chi connectivity index (χ1) is 12.7. The highest BCUT2D eigenvalue weighted by atomic mass is 35.5. The van der Waals surface area contributed by atoms with E-state index in [0.717, 1.165) is 49.2 Å². The Labute approximate surface area is 169 Å². The van der Waals surface area contributed by atoms with Crippen LogP contribution in [0.5, 0.6) is 0 Å². The number of nitrogens with zero attached hydrogens (tertiary/aromatic N) is 4. The van der Waals surface area contributed by atoms with Crippen molar-refractivity contribution in [1.29, 1.82) is 0 Å². The minimum atomic E-state index is 0. The fraction of sp³-hybridized carbons (Fsp3) is 0.524. The van der Waals surface area contributed by atoms with Crippen molar-refractivity contribution in [2.75, 3.05) is 49.1 Å². The highest BCUT2D eigenvalue weighted by Crippen LogP contribution is 2.17. The van der Waals surface area contributed by atoms with E-state index in [1.54, 1.807) is 0 Å². The summed E-state index contributed by atoms with van der Waals surface area (Å²) in [6, 6.07) is 12.4. The first-order valence-electron chi connectivity index (χ1n) is 9.80. The summed E-state index contributed by atoms with van der Waals surface area (Å²) in [6.45, 7) is 10.7. The molecule has 2 aliphatic heterocycles. The molecule has 0 atom stereocenters. The van der Waals surface area contributed by atoms with Crippen LogP contribution in [0, 0.1) is 13.8 Å². The van der Waals surface area contributed by atoms with Gasteiger partial charge in [0.2, 0.25) is 0 Å². The molecule has 2 aliphatic rings. The van der Waals surface area contributed by atoms with Gasteiger partial charge in [0, 0.05) is 50.7 Å². The third-order valence-electron chi connectivity index (χ3n) is 4.87. The lowest BCUT2D eigenvalue weighted by Crippen LogP contribution is -2.43. The molecule has 27 heavy (non-hydrogen) atoms. The molecule has 1 N–H and O–H groups in total. The normalized spacial score (nSPS) is 16.8. The van der Waals surface area contributed by atoms with Crippen LogP contribution in [-0.4, -0.2) is 49.2 Å². The van der Waals surface area contributed by atoms with Gasteiger partial charge in [0.1, 0.15) is 11.6 Å². The second-order valence-electron chi connectivity index (χ2n) is 7.06. The molecule has 0 unspecified atom stereocenters. The zero-order chi connectivity index (χ0) is 18.2.